The number of ether oxygens (including phenoxy) is 2. The number of methoxy groups -OCH3 is 2. The van der Waals surface area contributed by atoms with Gasteiger partial charge in [-0.15, -0.1) is 0 Å². The number of aryl methyl sites for hydroxylation is 1. The molecule has 1 aromatic carbocycles. The molecule has 0 aliphatic rings. The van der Waals surface area contributed by atoms with Crippen molar-refractivity contribution in [1.29, 1.82) is 0 Å². The number of rotatable bonds is 12. The van der Waals surface area contributed by atoms with E-state index in [2.05, 4.69) is 37.0 Å². The van der Waals surface area contributed by atoms with Gasteiger partial charge in [0.05, 0.1) is 37.0 Å². The lowest BCUT2D eigenvalue weighted by molar-refractivity contribution is 0.253. The lowest BCUT2D eigenvalue weighted by atomic mass is 10.1. The number of pyridine rings is 1. The molecule has 0 bridgehead atoms. The van der Waals surface area contributed by atoms with Crippen molar-refractivity contribution in [2.24, 2.45) is 7.05 Å². The first-order chi connectivity index (χ1) is 18.7. The second-order valence-corrected chi connectivity index (χ2v) is 9.38. The maximum Gasteiger partial charge on any atom is 0.238 e. The monoisotopic (exact) mass is 532 g/mol. The Hall–Kier alpha value is -4.35. The van der Waals surface area contributed by atoms with Crippen molar-refractivity contribution in [2.75, 3.05) is 64.0 Å². The maximum absolute atomic E-state index is 10.3. The summed E-state index contributed by atoms with van der Waals surface area (Å²) in [6.07, 6.45) is 5.92. The van der Waals surface area contributed by atoms with E-state index in [1.54, 1.807) is 26.6 Å². The summed E-state index contributed by atoms with van der Waals surface area (Å²) in [5.41, 5.74) is 4.65. The smallest absolute Gasteiger partial charge is 0.238 e. The number of hydrogen-bond donors (Lipinski definition) is 3. The van der Waals surface area contributed by atoms with E-state index in [4.69, 9.17) is 14.5 Å². The highest BCUT2D eigenvalue weighted by atomic mass is 16.5. The summed E-state index contributed by atoms with van der Waals surface area (Å²) in [5, 5.41) is 17.6. The minimum atomic E-state index is -0.928. The Morgan fingerprint density at radius 3 is 2.59 bits per heavy atom. The normalized spacial score (nSPS) is 11.9. The maximum atomic E-state index is 10.3. The summed E-state index contributed by atoms with van der Waals surface area (Å²) in [6, 6.07) is 7.64. The van der Waals surface area contributed by atoms with Crippen LogP contribution in [0.3, 0.4) is 0 Å². The zero-order valence-electron chi connectivity index (χ0n) is 23.3. The van der Waals surface area contributed by atoms with E-state index in [1.807, 2.05) is 63.2 Å². The average molecular weight is 533 g/mol. The largest absolute Gasteiger partial charge is 0.494 e. The van der Waals surface area contributed by atoms with Gasteiger partial charge in [0, 0.05) is 62.8 Å². The van der Waals surface area contributed by atoms with Crippen LogP contribution in [0.25, 0.3) is 22.2 Å². The number of likely N-dealkylation sites (N-methyl/N-ethyl adjacent to an activating group) is 2. The fourth-order valence-electron chi connectivity index (χ4n) is 4.27. The van der Waals surface area contributed by atoms with E-state index in [1.165, 1.54) is 6.08 Å². The number of aromatic nitrogens is 4. The first kappa shape index (κ1) is 27.7. The Kier molecular flexibility index (Phi) is 8.52. The highest BCUT2D eigenvalue weighted by molar-refractivity contribution is 5.96. The van der Waals surface area contributed by atoms with Crippen LogP contribution >= 0.6 is 0 Å². The lowest BCUT2D eigenvalue weighted by Gasteiger charge is -2.27. The third-order valence-electron chi connectivity index (χ3n) is 6.39. The standard InChI is InChI=1S/C28H36N8O3/c1-8-25(37)31-21-15-22(24(38-6)16-23(21)35(4)14-13-34(2)3)33-28-29-11-9-20(32-28)19-17-30-27(39-7)26-18(19)10-12-36(26)5/h8-12,15-17,25,31,37H,1,13-14H2,2-7H3,(H,29,32,33). The van der Waals surface area contributed by atoms with Crippen molar-refractivity contribution in [3.05, 3.63) is 55.5 Å². The minimum Gasteiger partial charge on any atom is -0.494 e. The molecule has 1 unspecified atom stereocenters. The molecular formula is C28H36N8O3. The van der Waals surface area contributed by atoms with Crippen molar-refractivity contribution in [1.82, 2.24) is 24.4 Å². The van der Waals surface area contributed by atoms with Crippen LogP contribution in [0.1, 0.15) is 0 Å². The molecule has 0 saturated heterocycles. The Labute approximate surface area is 228 Å². The first-order valence-corrected chi connectivity index (χ1v) is 12.5. The number of aliphatic hydroxyl groups is 1. The Morgan fingerprint density at radius 2 is 1.90 bits per heavy atom. The van der Waals surface area contributed by atoms with Gasteiger partial charge in [-0.1, -0.05) is 6.58 Å². The molecule has 3 N–H and O–H groups in total. The highest BCUT2D eigenvalue weighted by Gasteiger charge is 2.18. The fourth-order valence-corrected chi connectivity index (χ4v) is 4.27. The second-order valence-electron chi connectivity index (χ2n) is 9.38. The number of nitrogens with one attached hydrogen (secondary N) is 2. The third-order valence-corrected chi connectivity index (χ3v) is 6.39. The molecule has 0 fully saturated rings. The van der Waals surface area contributed by atoms with Crippen LogP contribution in [0.5, 0.6) is 11.6 Å². The highest BCUT2D eigenvalue weighted by Crippen LogP contribution is 2.38. The van der Waals surface area contributed by atoms with Gasteiger partial charge in [-0.3, -0.25) is 0 Å². The topological polar surface area (TPSA) is 113 Å². The number of nitrogens with zero attached hydrogens (tertiary/aromatic N) is 6. The van der Waals surface area contributed by atoms with Gasteiger partial charge in [-0.25, -0.2) is 15.0 Å². The Morgan fingerprint density at radius 1 is 1.10 bits per heavy atom. The van der Waals surface area contributed by atoms with Gasteiger partial charge in [0.1, 0.15) is 17.5 Å². The van der Waals surface area contributed by atoms with Gasteiger partial charge in [0.2, 0.25) is 11.8 Å². The molecule has 11 nitrogen and oxygen atoms in total. The summed E-state index contributed by atoms with van der Waals surface area (Å²) in [4.78, 5) is 17.9. The molecule has 3 aromatic heterocycles. The summed E-state index contributed by atoms with van der Waals surface area (Å²) in [6.45, 7) is 5.31. The van der Waals surface area contributed by atoms with E-state index in [0.717, 1.165) is 35.2 Å². The molecule has 0 amide bonds. The SMILES string of the molecule is C=CC(O)Nc1cc(Nc2nccc(-c3cnc(OC)c4c3ccn4C)n2)c(OC)cc1N(C)CCN(C)C. The molecular weight excluding hydrogens is 496 g/mol. The van der Waals surface area contributed by atoms with Crippen molar-refractivity contribution >= 4 is 33.9 Å². The summed E-state index contributed by atoms with van der Waals surface area (Å²) < 4.78 is 13.2. The van der Waals surface area contributed by atoms with Crippen LogP contribution in [0.15, 0.2) is 55.5 Å². The minimum absolute atomic E-state index is 0.384. The van der Waals surface area contributed by atoms with Crippen molar-refractivity contribution in [3.63, 3.8) is 0 Å². The van der Waals surface area contributed by atoms with Crippen LogP contribution < -0.4 is 25.0 Å². The lowest BCUT2D eigenvalue weighted by Crippen LogP contribution is -2.29. The van der Waals surface area contributed by atoms with Gasteiger partial charge in [0.25, 0.3) is 0 Å². The molecule has 206 valence electrons. The van der Waals surface area contributed by atoms with Crippen LogP contribution in [-0.2, 0) is 7.05 Å². The van der Waals surface area contributed by atoms with Gasteiger partial charge in [-0.2, -0.15) is 0 Å². The Bertz CT molecular complexity index is 1450. The molecule has 0 radical (unpaired) electrons. The zero-order valence-corrected chi connectivity index (χ0v) is 23.3. The van der Waals surface area contributed by atoms with Crippen molar-refractivity contribution in [3.8, 4) is 22.9 Å². The van der Waals surface area contributed by atoms with Crippen LogP contribution in [-0.4, -0.2) is 84.2 Å². The molecule has 11 heteroatoms. The number of fused-ring (bicyclic) bond motifs is 1. The van der Waals surface area contributed by atoms with Crippen molar-refractivity contribution < 1.29 is 14.6 Å². The van der Waals surface area contributed by atoms with Gasteiger partial charge in [-0.05, 0) is 38.4 Å². The third kappa shape index (κ3) is 6.05. The van der Waals surface area contributed by atoms with Gasteiger partial charge < -0.3 is 39.6 Å². The Balaban J connectivity index is 1.72. The van der Waals surface area contributed by atoms with Crippen molar-refractivity contribution in [2.45, 2.75) is 6.23 Å². The molecule has 4 aromatic rings. The first-order valence-electron chi connectivity index (χ1n) is 12.5. The quantitative estimate of drug-likeness (QED) is 0.184. The number of aliphatic hydroxyl groups excluding tert-OH is 1. The molecule has 4 rings (SSSR count). The molecule has 0 aliphatic heterocycles. The molecule has 0 aliphatic carbocycles. The second kappa shape index (κ2) is 12.0. The van der Waals surface area contributed by atoms with E-state index in [-0.39, 0.29) is 0 Å². The average Bonchev–Trinajstić information content (AvgIpc) is 3.33. The summed E-state index contributed by atoms with van der Waals surface area (Å²) >= 11 is 0. The molecule has 0 spiro atoms. The number of anilines is 4. The predicted octanol–water partition coefficient (Wildman–Crippen LogP) is 3.71. The van der Waals surface area contributed by atoms with E-state index in [0.29, 0.717) is 34.6 Å². The molecule has 0 saturated carbocycles. The summed E-state index contributed by atoms with van der Waals surface area (Å²) in [5.74, 6) is 1.54. The van der Waals surface area contributed by atoms with E-state index < -0.39 is 6.23 Å². The van der Waals surface area contributed by atoms with Crippen LogP contribution in [0.2, 0.25) is 0 Å². The molecule has 39 heavy (non-hydrogen) atoms. The van der Waals surface area contributed by atoms with Crippen LogP contribution in [0.4, 0.5) is 23.0 Å². The van der Waals surface area contributed by atoms with Crippen LogP contribution in [0, 0.1) is 0 Å². The summed E-state index contributed by atoms with van der Waals surface area (Å²) in [7, 11) is 11.2. The van der Waals surface area contributed by atoms with Gasteiger partial charge in [0.15, 0.2) is 0 Å². The van der Waals surface area contributed by atoms with E-state index >= 15 is 0 Å². The number of hydrogen-bond acceptors (Lipinski definition) is 10. The van der Waals surface area contributed by atoms with Gasteiger partial charge >= 0.3 is 0 Å². The molecule has 3 heterocycles. The number of benzene rings is 1. The molecule has 1 atom stereocenters. The van der Waals surface area contributed by atoms with E-state index in [9.17, 15) is 5.11 Å². The predicted molar refractivity (Wildman–Crippen MR) is 156 cm³/mol. The fraction of sp³-hybridized carbons (Fsp3) is 0.321. The zero-order chi connectivity index (χ0) is 28.1.